The fourth-order valence-electron chi connectivity index (χ4n) is 3.19. The van der Waals surface area contributed by atoms with E-state index >= 15 is 0 Å². The molecule has 0 spiro atoms. The summed E-state index contributed by atoms with van der Waals surface area (Å²) in [4.78, 5) is 21.9. The molecule has 2 aliphatic heterocycles. The van der Waals surface area contributed by atoms with Gasteiger partial charge in [0, 0.05) is 41.8 Å². The van der Waals surface area contributed by atoms with E-state index in [0.29, 0.717) is 42.0 Å². The number of nitro benzene ring substituents is 1. The van der Waals surface area contributed by atoms with Gasteiger partial charge in [-0.3, -0.25) is 10.1 Å². The topological polar surface area (TPSA) is 103 Å². The van der Waals surface area contributed by atoms with Gasteiger partial charge in [0.25, 0.3) is 5.69 Å². The molecule has 2 aliphatic rings. The van der Waals surface area contributed by atoms with Crippen LogP contribution in [0.5, 0.6) is 11.5 Å². The van der Waals surface area contributed by atoms with Crippen LogP contribution in [0.2, 0.25) is 0 Å². The van der Waals surface area contributed by atoms with Gasteiger partial charge in [-0.2, -0.15) is 5.10 Å². The summed E-state index contributed by atoms with van der Waals surface area (Å²) in [7, 11) is 0. The molecular formula is C20H17N3O5. The van der Waals surface area contributed by atoms with Crippen LogP contribution in [0.25, 0.3) is 0 Å². The van der Waals surface area contributed by atoms with Crippen molar-refractivity contribution in [1.82, 2.24) is 0 Å². The molecule has 0 radical (unpaired) electrons. The molecule has 0 aromatic heterocycles. The van der Waals surface area contributed by atoms with Crippen molar-refractivity contribution in [2.45, 2.75) is 26.2 Å². The summed E-state index contributed by atoms with van der Waals surface area (Å²) >= 11 is 0. The molecule has 8 nitrogen and oxygen atoms in total. The van der Waals surface area contributed by atoms with Crippen molar-refractivity contribution in [1.29, 1.82) is 0 Å². The molecular weight excluding hydrogens is 362 g/mol. The molecule has 8 heteroatoms. The average Bonchev–Trinajstić information content (AvgIpc) is 3.05. The maximum atomic E-state index is 11.4. The largest absolute Gasteiger partial charge is 0.454 e. The third-order valence-corrected chi connectivity index (χ3v) is 4.66. The zero-order chi connectivity index (χ0) is 19.7. The van der Waals surface area contributed by atoms with Crippen LogP contribution < -0.4 is 9.47 Å². The molecule has 28 heavy (non-hydrogen) atoms. The Hall–Kier alpha value is -3.55. The summed E-state index contributed by atoms with van der Waals surface area (Å²) in [5.74, 6) is 1.38. The smallest absolute Gasteiger partial charge is 0.269 e. The number of ether oxygens (including phenoxy) is 2. The first-order valence-electron chi connectivity index (χ1n) is 8.82. The second-order valence-electron chi connectivity index (χ2n) is 6.66. The summed E-state index contributed by atoms with van der Waals surface area (Å²) in [5.41, 5.74) is 3.91. The second kappa shape index (κ2) is 7.22. The van der Waals surface area contributed by atoms with Crippen LogP contribution in [-0.4, -0.2) is 28.9 Å². The van der Waals surface area contributed by atoms with Gasteiger partial charge in [0.15, 0.2) is 11.5 Å². The molecule has 0 saturated heterocycles. The Kier molecular flexibility index (Phi) is 4.60. The van der Waals surface area contributed by atoms with Crippen LogP contribution in [0.1, 0.15) is 36.5 Å². The minimum Gasteiger partial charge on any atom is -0.454 e. The first-order chi connectivity index (χ1) is 13.5. The number of nitro groups is 1. The summed E-state index contributed by atoms with van der Waals surface area (Å²) in [6.07, 6.45) is 1.47. The molecule has 0 unspecified atom stereocenters. The van der Waals surface area contributed by atoms with Gasteiger partial charge in [-0.15, -0.1) is 5.10 Å². The molecule has 0 N–H and O–H groups in total. The number of rotatable bonds is 5. The van der Waals surface area contributed by atoms with Gasteiger partial charge in [0.05, 0.1) is 4.92 Å². The van der Waals surface area contributed by atoms with Gasteiger partial charge >= 0.3 is 0 Å². The van der Waals surface area contributed by atoms with E-state index in [-0.39, 0.29) is 18.3 Å². The first-order valence-corrected chi connectivity index (χ1v) is 8.82. The van der Waals surface area contributed by atoms with E-state index in [0.717, 1.165) is 16.8 Å². The Morgan fingerprint density at radius 3 is 2.54 bits per heavy atom. The third-order valence-electron chi connectivity index (χ3n) is 4.66. The Bertz CT molecular complexity index is 1020. The second-order valence-corrected chi connectivity index (χ2v) is 6.66. The molecule has 2 heterocycles. The maximum Gasteiger partial charge on any atom is 0.269 e. The van der Waals surface area contributed by atoms with Crippen molar-refractivity contribution in [3.8, 4) is 11.5 Å². The summed E-state index contributed by atoms with van der Waals surface area (Å²) in [6.45, 7) is 1.71. The van der Waals surface area contributed by atoms with Crippen LogP contribution >= 0.6 is 0 Å². The molecule has 0 aliphatic carbocycles. The van der Waals surface area contributed by atoms with E-state index in [4.69, 9.17) is 9.47 Å². The van der Waals surface area contributed by atoms with Crippen LogP contribution in [-0.2, 0) is 11.2 Å². The highest BCUT2D eigenvalue weighted by molar-refractivity contribution is 6.15. The number of ketones is 1. The number of Topliss-reactive ketones (excluding diaryl/α,β-unsaturated/α-hetero) is 1. The molecule has 2 aromatic rings. The molecule has 0 bridgehead atoms. The van der Waals surface area contributed by atoms with Gasteiger partial charge in [0.1, 0.15) is 11.5 Å². The number of carbonyl (C=O) groups excluding carboxylic acids is 1. The standard InChI is InChI=1S/C20H17N3O5/c1-12(24)2-5-15-8-14-9-18-19(28-11-27-18)10-17(14)20(22-21-15)13-3-6-16(7-4-13)23(25)26/h3-4,6-7,9-10H,2,5,8,11H2,1H3. The van der Waals surface area contributed by atoms with E-state index in [9.17, 15) is 14.9 Å². The van der Waals surface area contributed by atoms with Crippen molar-refractivity contribution in [3.05, 3.63) is 63.2 Å². The number of hydrogen-bond donors (Lipinski definition) is 0. The fraction of sp³-hybridized carbons (Fsp3) is 0.250. The van der Waals surface area contributed by atoms with Crippen LogP contribution in [0.3, 0.4) is 0 Å². The predicted molar refractivity (Wildman–Crippen MR) is 102 cm³/mol. The monoisotopic (exact) mass is 379 g/mol. The number of non-ortho nitro benzene ring substituents is 1. The van der Waals surface area contributed by atoms with E-state index in [2.05, 4.69) is 10.2 Å². The molecule has 4 rings (SSSR count). The van der Waals surface area contributed by atoms with Crippen molar-refractivity contribution in [2.75, 3.05) is 6.79 Å². The lowest BCUT2D eigenvalue weighted by Crippen LogP contribution is -2.08. The number of hydrogen-bond acceptors (Lipinski definition) is 7. The highest BCUT2D eigenvalue weighted by Crippen LogP contribution is 2.37. The van der Waals surface area contributed by atoms with Crippen LogP contribution in [0.15, 0.2) is 46.6 Å². The summed E-state index contributed by atoms with van der Waals surface area (Å²) in [6, 6.07) is 9.96. The number of nitrogens with zero attached hydrogens (tertiary/aromatic N) is 3. The Morgan fingerprint density at radius 1 is 1.14 bits per heavy atom. The zero-order valence-corrected chi connectivity index (χ0v) is 15.2. The van der Waals surface area contributed by atoms with Gasteiger partial charge in [-0.05, 0) is 43.2 Å². The third kappa shape index (κ3) is 3.48. The van der Waals surface area contributed by atoms with Crippen molar-refractivity contribution < 1.29 is 19.2 Å². The van der Waals surface area contributed by atoms with Gasteiger partial charge in [-0.25, -0.2) is 0 Å². The van der Waals surface area contributed by atoms with Crippen LogP contribution in [0.4, 0.5) is 5.69 Å². The number of benzene rings is 2. The Labute approximate surface area is 160 Å². The van der Waals surface area contributed by atoms with E-state index < -0.39 is 4.92 Å². The van der Waals surface area contributed by atoms with Crippen LogP contribution in [0, 0.1) is 10.1 Å². The number of carbonyl (C=O) groups is 1. The van der Waals surface area contributed by atoms with Gasteiger partial charge in [-0.1, -0.05) is 0 Å². The summed E-state index contributed by atoms with van der Waals surface area (Å²) in [5, 5.41) is 19.7. The van der Waals surface area contributed by atoms with Crippen molar-refractivity contribution in [3.63, 3.8) is 0 Å². The lowest BCUT2D eigenvalue weighted by atomic mass is 9.93. The first kappa shape index (κ1) is 17.8. The SMILES string of the molecule is CC(=O)CCC1=NN=C(c2ccc([N+](=O)[O-])cc2)c2cc3c(cc2C1)OCO3. The quantitative estimate of drug-likeness (QED) is 0.585. The Balaban J connectivity index is 1.78. The van der Waals surface area contributed by atoms with Gasteiger partial charge < -0.3 is 14.3 Å². The maximum absolute atomic E-state index is 11.4. The molecule has 0 amide bonds. The van der Waals surface area contributed by atoms with E-state index in [1.807, 2.05) is 12.1 Å². The normalized spacial score (nSPS) is 14.6. The highest BCUT2D eigenvalue weighted by atomic mass is 16.7. The minimum atomic E-state index is -0.442. The molecule has 0 saturated carbocycles. The van der Waals surface area contributed by atoms with Gasteiger partial charge in [0.2, 0.25) is 6.79 Å². The lowest BCUT2D eigenvalue weighted by molar-refractivity contribution is -0.384. The van der Waals surface area contributed by atoms with Crippen molar-refractivity contribution >= 4 is 22.9 Å². The van der Waals surface area contributed by atoms with E-state index in [1.54, 1.807) is 19.1 Å². The Morgan fingerprint density at radius 2 is 1.86 bits per heavy atom. The average molecular weight is 379 g/mol. The minimum absolute atomic E-state index is 0.00882. The summed E-state index contributed by atoms with van der Waals surface area (Å²) < 4.78 is 11.0. The molecule has 0 atom stereocenters. The zero-order valence-electron chi connectivity index (χ0n) is 15.2. The van der Waals surface area contributed by atoms with Crippen molar-refractivity contribution in [2.24, 2.45) is 10.2 Å². The van der Waals surface area contributed by atoms with E-state index in [1.165, 1.54) is 12.1 Å². The lowest BCUT2D eigenvalue weighted by Gasteiger charge is -2.11. The highest BCUT2D eigenvalue weighted by Gasteiger charge is 2.24. The number of fused-ring (bicyclic) bond motifs is 2. The predicted octanol–water partition coefficient (Wildman–Crippen LogP) is 3.44. The molecule has 142 valence electrons. The molecule has 2 aromatic carbocycles. The molecule has 0 fully saturated rings. The fourth-order valence-corrected chi connectivity index (χ4v) is 3.19.